The number of hydrogen-bond donors (Lipinski definition) is 1. The number of amides is 1. The molecule has 1 rings (SSSR count). The molecule has 0 fully saturated rings. The SMILES string of the molecule is COc1c(C)cnc(CNC(=O)C(C)OCC(F)(F)F)c1C. The molecule has 1 aromatic rings. The van der Waals surface area contributed by atoms with Crippen LogP contribution >= 0.6 is 0 Å². The van der Waals surface area contributed by atoms with Gasteiger partial charge in [0.25, 0.3) is 0 Å². The van der Waals surface area contributed by atoms with Crippen molar-refractivity contribution in [1.29, 1.82) is 0 Å². The minimum Gasteiger partial charge on any atom is -0.496 e. The summed E-state index contributed by atoms with van der Waals surface area (Å²) in [6.07, 6.45) is -4.05. The molecule has 0 aliphatic carbocycles. The maximum atomic E-state index is 12.0. The van der Waals surface area contributed by atoms with E-state index in [2.05, 4.69) is 15.0 Å². The molecule has 0 saturated heterocycles. The third-order valence-corrected chi connectivity index (χ3v) is 3.05. The summed E-state index contributed by atoms with van der Waals surface area (Å²) in [4.78, 5) is 15.9. The highest BCUT2D eigenvalue weighted by atomic mass is 19.4. The van der Waals surface area contributed by atoms with Crippen LogP contribution in [0.4, 0.5) is 13.2 Å². The molecule has 0 radical (unpaired) electrons. The van der Waals surface area contributed by atoms with Crippen molar-refractivity contribution in [3.8, 4) is 5.75 Å². The van der Waals surface area contributed by atoms with Gasteiger partial charge in [0.1, 0.15) is 18.5 Å². The number of halogens is 3. The molecule has 8 heteroatoms. The van der Waals surface area contributed by atoms with Crippen molar-refractivity contribution in [1.82, 2.24) is 10.3 Å². The number of ether oxygens (including phenoxy) is 2. The van der Waals surface area contributed by atoms with Crippen molar-refractivity contribution in [3.05, 3.63) is 23.0 Å². The molecule has 0 bridgehead atoms. The van der Waals surface area contributed by atoms with E-state index < -0.39 is 24.8 Å². The Morgan fingerprint density at radius 1 is 1.41 bits per heavy atom. The van der Waals surface area contributed by atoms with Crippen molar-refractivity contribution >= 4 is 5.91 Å². The predicted molar refractivity (Wildman–Crippen MR) is 73.6 cm³/mol. The third kappa shape index (κ3) is 5.18. The van der Waals surface area contributed by atoms with E-state index >= 15 is 0 Å². The number of methoxy groups -OCH3 is 1. The van der Waals surface area contributed by atoms with Crippen LogP contribution in [0.2, 0.25) is 0 Å². The summed E-state index contributed by atoms with van der Waals surface area (Å²) in [6, 6.07) is 0. The van der Waals surface area contributed by atoms with Gasteiger partial charge in [-0.05, 0) is 20.8 Å². The first-order valence-corrected chi connectivity index (χ1v) is 6.60. The first-order valence-electron chi connectivity index (χ1n) is 6.60. The molecule has 124 valence electrons. The van der Waals surface area contributed by atoms with E-state index in [1.807, 2.05) is 6.92 Å². The van der Waals surface area contributed by atoms with Crippen molar-refractivity contribution in [2.75, 3.05) is 13.7 Å². The third-order valence-electron chi connectivity index (χ3n) is 3.05. The fraction of sp³-hybridized carbons (Fsp3) is 0.571. The number of aromatic nitrogens is 1. The maximum Gasteiger partial charge on any atom is 0.411 e. The summed E-state index contributed by atoms with van der Waals surface area (Å²) in [5, 5.41) is 2.50. The van der Waals surface area contributed by atoms with Crippen LogP contribution in [0, 0.1) is 13.8 Å². The lowest BCUT2D eigenvalue weighted by Crippen LogP contribution is -2.36. The first kappa shape index (κ1) is 18.2. The standard InChI is InChI=1S/C14H19F3N2O3/c1-8-5-18-11(9(2)12(8)21-4)6-19-13(20)10(3)22-7-14(15,16)17/h5,10H,6-7H2,1-4H3,(H,19,20). The number of aryl methyl sites for hydroxylation is 1. The summed E-state index contributed by atoms with van der Waals surface area (Å²) in [5.74, 6) is 0.0330. The van der Waals surface area contributed by atoms with Gasteiger partial charge >= 0.3 is 6.18 Å². The highest BCUT2D eigenvalue weighted by Gasteiger charge is 2.29. The largest absolute Gasteiger partial charge is 0.496 e. The summed E-state index contributed by atoms with van der Waals surface area (Å²) in [5.41, 5.74) is 2.21. The number of rotatable bonds is 6. The summed E-state index contributed by atoms with van der Waals surface area (Å²) >= 11 is 0. The van der Waals surface area contributed by atoms with Crippen molar-refractivity contribution < 1.29 is 27.4 Å². The minimum absolute atomic E-state index is 0.0843. The predicted octanol–water partition coefficient (Wildman–Crippen LogP) is 2.29. The van der Waals surface area contributed by atoms with Crippen molar-refractivity contribution in [3.63, 3.8) is 0 Å². The van der Waals surface area contributed by atoms with Crippen LogP contribution in [0.15, 0.2) is 6.20 Å². The lowest BCUT2D eigenvalue weighted by molar-refractivity contribution is -0.185. The Kier molecular flexibility index (Phi) is 6.16. The monoisotopic (exact) mass is 320 g/mol. The molecule has 0 saturated carbocycles. The van der Waals surface area contributed by atoms with Gasteiger partial charge in [-0.1, -0.05) is 0 Å². The molecule has 1 heterocycles. The molecule has 0 aliphatic heterocycles. The second kappa shape index (κ2) is 7.44. The molecule has 5 nitrogen and oxygen atoms in total. The molecule has 1 atom stereocenters. The minimum atomic E-state index is -4.46. The summed E-state index contributed by atoms with van der Waals surface area (Å²) < 4.78 is 45.8. The van der Waals surface area contributed by atoms with E-state index in [1.54, 1.807) is 13.1 Å². The van der Waals surface area contributed by atoms with E-state index in [0.29, 0.717) is 11.4 Å². The maximum absolute atomic E-state index is 12.0. The van der Waals surface area contributed by atoms with Gasteiger partial charge in [-0.2, -0.15) is 13.2 Å². The van der Waals surface area contributed by atoms with Gasteiger partial charge in [-0.15, -0.1) is 0 Å². The highest BCUT2D eigenvalue weighted by molar-refractivity contribution is 5.80. The second-order valence-corrected chi connectivity index (χ2v) is 4.83. The normalized spacial score (nSPS) is 12.9. The van der Waals surface area contributed by atoms with E-state index in [-0.39, 0.29) is 6.54 Å². The summed E-state index contributed by atoms with van der Waals surface area (Å²) in [7, 11) is 1.53. The number of carbonyl (C=O) groups excluding carboxylic acids is 1. The van der Waals surface area contributed by atoms with Gasteiger partial charge in [0.15, 0.2) is 0 Å². The Hall–Kier alpha value is -1.83. The molecule has 1 unspecified atom stereocenters. The van der Waals surface area contributed by atoms with Gasteiger partial charge in [0.2, 0.25) is 5.91 Å². The summed E-state index contributed by atoms with van der Waals surface area (Å²) in [6.45, 7) is 3.52. The Bertz CT molecular complexity index is 533. The Morgan fingerprint density at radius 3 is 2.59 bits per heavy atom. The number of alkyl halides is 3. The van der Waals surface area contributed by atoms with E-state index in [4.69, 9.17) is 4.74 Å². The van der Waals surface area contributed by atoms with Crippen molar-refractivity contribution in [2.45, 2.75) is 39.6 Å². The number of nitrogens with one attached hydrogen (secondary N) is 1. The number of carbonyl (C=O) groups is 1. The number of hydrogen-bond acceptors (Lipinski definition) is 4. The Morgan fingerprint density at radius 2 is 2.05 bits per heavy atom. The molecule has 0 aliphatic rings. The van der Waals surface area contributed by atoms with Crippen LogP contribution in [0.3, 0.4) is 0 Å². The molecule has 1 N–H and O–H groups in total. The quantitative estimate of drug-likeness (QED) is 0.874. The molecule has 0 spiro atoms. The van der Waals surface area contributed by atoms with Gasteiger partial charge in [0, 0.05) is 17.3 Å². The molecule has 22 heavy (non-hydrogen) atoms. The molecule has 1 amide bonds. The van der Waals surface area contributed by atoms with Crippen LogP contribution in [0.5, 0.6) is 5.75 Å². The zero-order valence-corrected chi connectivity index (χ0v) is 12.9. The van der Waals surface area contributed by atoms with Gasteiger partial charge in [0.05, 0.1) is 19.3 Å². The van der Waals surface area contributed by atoms with Crippen molar-refractivity contribution in [2.24, 2.45) is 0 Å². The van der Waals surface area contributed by atoms with Crippen LogP contribution in [-0.2, 0) is 16.1 Å². The lowest BCUT2D eigenvalue weighted by atomic mass is 10.1. The van der Waals surface area contributed by atoms with Crippen LogP contribution in [-0.4, -0.2) is 36.9 Å². The fourth-order valence-electron chi connectivity index (χ4n) is 1.86. The Balaban J connectivity index is 2.61. The lowest BCUT2D eigenvalue weighted by Gasteiger charge is -2.16. The smallest absolute Gasteiger partial charge is 0.411 e. The molecular weight excluding hydrogens is 301 g/mol. The van der Waals surface area contributed by atoms with Gasteiger partial charge in [-0.3, -0.25) is 9.78 Å². The van der Waals surface area contributed by atoms with E-state index in [9.17, 15) is 18.0 Å². The Labute approximate surface area is 126 Å². The van der Waals surface area contributed by atoms with Gasteiger partial charge < -0.3 is 14.8 Å². The molecular formula is C14H19F3N2O3. The zero-order chi connectivity index (χ0) is 16.9. The second-order valence-electron chi connectivity index (χ2n) is 4.83. The average Bonchev–Trinajstić information content (AvgIpc) is 2.43. The van der Waals surface area contributed by atoms with Crippen LogP contribution < -0.4 is 10.1 Å². The molecule has 0 aromatic carbocycles. The first-order chi connectivity index (χ1) is 10.2. The van der Waals surface area contributed by atoms with Crippen LogP contribution in [0.25, 0.3) is 0 Å². The number of pyridine rings is 1. The molecule has 1 aromatic heterocycles. The fourth-order valence-corrected chi connectivity index (χ4v) is 1.86. The topological polar surface area (TPSA) is 60.5 Å². The number of nitrogens with zero attached hydrogens (tertiary/aromatic N) is 1. The average molecular weight is 320 g/mol. The van der Waals surface area contributed by atoms with E-state index in [0.717, 1.165) is 11.1 Å². The highest BCUT2D eigenvalue weighted by Crippen LogP contribution is 2.23. The van der Waals surface area contributed by atoms with Gasteiger partial charge in [-0.25, -0.2) is 0 Å². The van der Waals surface area contributed by atoms with E-state index in [1.165, 1.54) is 14.0 Å². The van der Waals surface area contributed by atoms with Crippen LogP contribution in [0.1, 0.15) is 23.7 Å². The zero-order valence-electron chi connectivity index (χ0n) is 12.9.